The molecule has 1 aliphatic rings. The lowest BCUT2D eigenvalue weighted by Crippen LogP contribution is -2.35. The highest BCUT2D eigenvalue weighted by Crippen LogP contribution is 2.22. The number of rotatable bonds is 6. The van der Waals surface area contributed by atoms with E-state index in [1.807, 2.05) is 41.1 Å². The van der Waals surface area contributed by atoms with Crippen molar-refractivity contribution < 1.29 is 14.7 Å². The molecule has 1 atom stereocenters. The number of benzene rings is 2. The third-order valence-corrected chi connectivity index (χ3v) is 6.45. The number of aliphatic hydroxyl groups excluding tert-OH is 2. The zero-order valence-corrected chi connectivity index (χ0v) is 20.3. The second-order valence-electron chi connectivity index (χ2n) is 9.30. The van der Waals surface area contributed by atoms with Gasteiger partial charge in [0.2, 0.25) is 0 Å². The Morgan fingerprint density at radius 2 is 1.67 bits per heavy atom. The quantitative estimate of drug-likeness (QED) is 0.404. The van der Waals surface area contributed by atoms with Gasteiger partial charge in [0.25, 0.3) is 0 Å². The lowest BCUT2D eigenvalue weighted by atomic mass is 10.1. The zero-order chi connectivity index (χ0) is 24.9. The Kier molecular flexibility index (Phi) is 7.28. The summed E-state index contributed by atoms with van der Waals surface area (Å²) in [5.74, 6) is 7.75. The van der Waals surface area contributed by atoms with Gasteiger partial charge in [0.05, 0.1) is 12.6 Å². The molecule has 0 radical (unpaired) electrons. The predicted molar refractivity (Wildman–Crippen MR) is 137 cm³/mol. The Labute approximate surface area is 211 Å². The minimum atomic E-state index is -0.645. The van der Waals surface area contributed by atoms with Crippen LogP contribution in [0.1, 0.15) is 54.1 Å². The highest BCUT2D eigenvalue weighted by Gasteiger charge is 2.16. The van der Waals surface area contributed by atoms with E-state index in [2.05, 4.69) is 51.1 Å². The third kappa shape index (κ3) is 5.92. The molecule has 36 heavy (non-hydrogen) atoms. The van der Waals surface area contributed by atoms with Crippen LogP contribution in [0.2, 0.25) is 0 Å². The summed E-state index contributed by atoms with van der Waals surface area (Å²) in [5.41, 5.74) is 4.86. The molecule has 0 saturated carbocycles. The number of likely N-dealkylation sites (tertiary alicyclic amines) is 1. The number of hydrogen-bond donors (Lipinski definition) is 2. The fourth-order valence-corrected chi connectivity index (χ4v) is 4.41. The van der Waals surface area contributed by atoms with Crippen LogP contribution in [0.3, 0.4) is 0 Å². The Balaban J connectivity index is 1.19. The van der Waals surface area contributed by atoms with Crippen molar-refractivity contribution in [2.24, 2.45) is 0 Å². The van der Waals surface area contributed by atoms with Crippen molar-refractivity contribution in [3.05, 3.63) is 95.2 Å². The largest absolute Gasteiger partial charge is 0.393 e. The van der Waals surface area contributed by atoms with Crippen LogP contribution in [0.25, 0.3) is 11.3 Å². The summed E-state index contributed by atoms with van der Waals surface area (Å²) in [6.07, 6.45) is 4.41. The second-order valence-corrected chi connectivity index (χ2v) is 9.30. The number of aromatic nitrogens is 3. The molecule has 0 amide bonds. The van der Waals surface area contributed by atoms with E-state index in [9.17, 15) is 10.2 Å². The van der Waals surface area contributed by atoms with Crippen LogP contribution in [0, 0.1) is 11.8 Å². The molecule has 1 saturated heterocycles. The van der Waals surface area contributed by atoms with Crippen molar-refractivity contribution in [2.45, 2.75) is 45.1 Å². The normalized spacial score (nSPS) is 15.4. The number of aliphatic hydroxyl groups is 2. The maximum Gasteiger partial charge on any atom is 0.167 e. The Hall–Kier alpha value is -3.70. The van der Waals surface area contributed by atoms with E-state index in [1.165, 1.54) is 5.56 Å². The first-order valence-electron chi connectivity index (χ1n) is 12.3. The van der Waals surface area contributed by atoms with Gasteiger partial charge < -0.3 is 19.3 Å². The maximum atomic E-state index is 9.83. The van der Waals surface area contributed by atoms with Crippen molar-refractivity contribution in [3.63, 3.8) is 0 Å². The molecule has 7 nitrogen and oxygen atoms in total. The highest BCUT2D eigenvalue weighted by molar-refractivity contribution is 5.59. The molecule has 0 aliphatic carbocycles. The smallest absolute Gasteiger partial charge is 0.167 e. The predicted octanol–water partition coefficient (Wildman–Crippen LogP) is 4.00. The topological polar surface area (TPSA) is 87.6 Å². The molecule has 1 aliphatic heterocycles. The summed E-state index contributed by atoms with van der Waals surface area (Å²) in [6.45, 7) is 4.98. The van der Waals surface area contributed by atoms with E-state index < -0.39 is 6.10 Å². The second kappa shape index (κ2) is 10.9. The summed E-state index contributed by atoms with van der Waals surface area (Å²) in [6, 6.07) is 18.2. The van der Waals surface area contributed by atoms with Gasteiger partial charge in [0.15, 0.2) is 5.76 Å². The minimum Gasteiger partial charge on any atom is -0.393 e. The fourth-order valence-electron chi connectivity index (χ4n) is 4.41. The van der Waals surface area contributed by atoms with Gasteiger partial charge >= 0.3 is 0 Å². The molecule has 184 valence electrons. The van der Waals surface area contributed by atoms with E-state index in [4.69, 9.17) is 4.52 Å². The Morgan fingerprint density at radius 1 is 1.00 bits per heavy atom. The monoisotopic (exact) mass is 482 g/mol. The van der Waals surface area contributed by atoms with Gasteiger partial charge in [-0.25, -0.2) is 4.98 Å². The van der Waals surface area contributed by atoms with Crippen LogP contribution in [-0.4, -0.2) is 49.0 Å². The first-order chi connectivity index (χ1) is 17.5. The molecule has 0 bridgehead atoms. The molecule has 3 heterocycles. The molecule has 0 spiro atoms. The standard InChI is InChI=1S/C29H30N4O3/c1-21(34)29-30-14-17-33(29)20-26-18-28(36-31-26)25-10-8-23(9-11-25)3-2-22-4-6-24(7-5-22)19-32-15-12-27(35)13-16-32/h4-11,14,17-18,21,27,34-35H,12-13,15-16,19-20H2,1H3. The zero-order valence-electron chi connectivity index (χ0n) is 20.3. The summed E-state index contributed by atoms with van der Waals surface area (Å²) < 4.78 is 7.40. The number of imidazole rings is 1. The van der Waals surface area contributed by atoms with E-state index in [1.54, 1.807) is 13.1 Å². The Morgan fingerprint density at radius 3 is 2.33 bits per heavy atom. The Bertz CT molecular complexity index is 1340. The van der Waals surface area contributed by atoms with Gasteiger partial charge in [-0.05, 0) is 61.7 Å². The number of piperidine rings is 1. The molecule has 1 unspecified atom stereocenters. The van der Waals surface area contributed by atoms with Crippen LogP contribution >= 0.6 is 0 Å². The molecule has 2 N–H and O–H groups in total. The summed E-state index contributed by atoms with van der Waals surface area (Å²) in [5, 5.41) is 23.7. The number of nitrogens with zero attached hydrogens (tertiary/aromatic N) is 4. The minimum absolute atomic E-state index is 0.140. The van der Waals surface area contributed by atoms with Crippen LogP contribution in [0.15, 0.2) is 71.5 Å². The SMILES string of the molecule is CC(O)c1nccn1Cc1cc(-c2ccc(C#Cc3ccc(CN4CCC(O)CC4)cc3)cc2)on1. The maximum absolute atomic E-state index is 9.83. The first kappa shape index (κ1) is 24.0. The van der Waals surface area contributed by atoms with Crippen LogP contribution in [0.4, 0.5) is 0 Å². The van der Waals surface area contributed by atoms with Gasteiger partial charge in [-0.3, -0.25) is 4.90 Å². The molecule has 5 rings (SSSR count). The average molecular weight is 483 g/mol. The number of hydrogen-bond acceptors (Lipinski definition) is 6. The van der Waals surface area contributed by atoms with Gasteiger partial charge in [-0.15, -0.1) is 0 Å². The van der Waals surface area contributed by atoms with E-state index >= 15 is 0 Å². The van der Waals surface area contributed by atoms with Gasteiger partial charge in [0, 0.05) is 54.8 Å². The molecular formula is C29H30N4O3. The molecular weight excluding hydrogens is 452 g/mol. The average Bonchev–Trinajstić information content (AvgIpc) is 3.56. The lowest BCUT2D eigenvalue weighted by molar-refractivity contribution is 0.0792. The summed E-state index contributed by atoms with van der Waals surface area (Å²) >= 11 is 0. The molecule has 2 aromatic carbocycles. The van der Waals surface area contributed by atoms with Crippen molar-refractivity contribution in [2.75, 3.05) is 13.1 Å². The molecule has 7 heteroatoms. The van der Waals surface area contributed by atoms with Gasteiger partial charge in [-0.2, -0.15) is 0 Å². The van der Waals surface area contributed by atoms with E-state index in [0.29, 0.717) is 18.1 Å². The fraction of sp³-hybridized carbons (Fsp3) is 0.310. The van der Waals surface area contributed by atoms with Crippen LogP contribution in [0.5, 0.6) is 0 Å². The van der Waals surface area contributed by atoms with E-state index in [-0.39, 0.29) is 6.10 Å². The summed E-state index contributed by atoms with van der Waals surface area (Å²) in [7, 11) is 0. The van der Waals surface area contributed by atoms with Crippen molar-refractivity contribution in [1.82, 2.24) is 19.6 Å². The van der Waals surface area contributed by atoms with Gasteiger partial charge in [-0.1, -0.05) is 29.1 Å². The molecule has 1 fully saturated rings. The highest BCUT2D eigenvalue weighted by atomic mass is 16.5. The first-order valence-corrected chi connectivity index (χ1v) is 12.3. The molecule has 2 aromatic heterocycles. The van der Waals surface area contributed by atoms with Crippen molar-refractivity contribution >= 4 is 0 Å². The molecule has 4 aromatic rings. The van der Waals surface area contributed by atoms with E-state index in [0.717, 1.165) is 54.9 Å². The third-order valence-electron chi connectivity index (χ3n) is 6.45. The van der Waals surface area contributed by atoms with Crippen LogP contribution < -0.4 is 0 Å². The van der Waals surface area contributed by atoms with Gasteiger partial charge in [0.1, 0.15) is 17.6 Å². The lowest BCUT2D eigenvalue weighted by Gasteiger charge is -2.29. The summed E-state index contributed by atoms with van der Waals surface area (Å²) in [4.78, 5) is 6.57. The van der Waals surface area contributed by atoms with Crippen molar-refractivity contribution in [3.8, 4) is 23.2 Å². The van der Waals surface area contributed by atoms with Crippen LogP contribution in [-0.2, 0) is 13.1 Å². The van der Waals surface area contributed by atoms with Crippen molar-refractivity contribution in [1.29, 1.82) is 0 Å².